The van der Waals surface area contributed by atoms with Crippen LogP contribution in [0.5, 0.6) is 0 Å². The minimum atomic E-state index is -2.66. The zero-order valence-electron chi connectivity index (χ0n) is 8.75. The second kappa shape index (κ2) is 3.49. The lowest BCUT2D eigenvalue weighted by Gasteiger charge is -2.32. The molecular formula is C10H19NO2S. The van der Waals surface area contributed by atoms with Gasteiger partial charge in [-0.15, -0.1) is 0 Å². The van der Waals surface area contributed by atoms with Gasteiger partial charge in [-0.2, -0.15) is 0 Å². The molecule has 1 saturated heterocycles. The fraction of sp³-hybridized carbons (Fsp3) is 1.00. The van der Waals surface area contributed by atoms with Crippen molar-refractivity contribution >= 4 is 9.84 Å². The summed E-state index contributed by atoms with van der Waals surface area (Å²) in [5, 5.41) is 3.38. The predicted octanol–water partition coefficient (Wildman–Crippen LogP) is 0.953. The Morgan fingerprint density at radius 2 is 1.86 bits per heavy atom. The summed E-state index contributed by atoms with van der Waals surface area (Å²) in [6.45, 7) is 3.30. The van der Waals surface area contributed by atoms with Gasteiger partial charge in [0.25, 0.3) is 0 Å². The zero-order valence-corrected chi connectivity index (χ0v) is 9.57. The average Bonchev–Trinajstić information content (AvgIpc) is 2.45. The second-order valence-corrected chi connectivity index (χ2v) is 7.33. The van der Waals surface area contributed by atoms with E-state index < -0.39 is 9.84 Å². The van der Waals surface area contributed by atoms with Gasteiger partial charge in [0, 0.05) is 12.6 Å². The topological polar surface area (TPSA) is 46.2 Å². The van der Waals surface area contributed by atoms with Crippen molar-refractivity contribution in [1.82, 2.24) is 5.32 Å². The Morgan fingerprint density at radius 3 is 2.36 bits per heavy atom. The van der Waals surface area contributed by atoms with Crippen molar-refractivity contribution in [2.75, 3.05) is 18.1 Å². The molecule has 4 heteroatoms. The summed E-state index contributed by atoms with van der Waals surface area (Å²) < 4.78 is 21.9. The molecule has 0 aromatic carbocycles. The molecule has 0 aromatic heterocycles. The van der Waals surface area contributed by atoms with Crippen molar-refractivity contribution < 1.29 is 8.42 Å². The highest BCUT2D eigenvalue weighted by Gasteiger charge is 2.35. The summed E-state index contributed by atoms with van der Waals surface area (Å²) in [6, 6.07) is 0.234. The molecule has 0 spiro atoms. The first-order valence-electron chi connectivity index (χ1n) is 5.43. The lowest BCUT2D eigenvalue weighted by molar-refractivity contribution is 0.301. The first-order valence-corrected chi connectivity index (χ1v) is 7.25. The van der Waals surface area contributed by atoms with Crippen molar-refractivity contribution in [1.29, 1.82) is 0 Å². The number of rotatable bonds is 3. The Morgan fingerprint density at radius 1 is 1.29 bits per heavy atom. The van der Waals surface area contributed by atoms with E-state index in [1.807, 2.05) is 0 Å². The number of sulfone groups is 1. The first-order chi connectivity index (χ1) is 6.49. The summed E-state index contributed by atoms with van der Waals surface area (Å²) in [5.41, 5.74) is 0.430. The van der Waals surface area contributed by atoms with Gasteiger partial charge < -0.3 is 5.32 Å². The fourth-order valence-corrected chi connectivity index (χ4v) is 3.84. The van der Waals surface area contributed by atoms with Crippen molar-refractivity contribution in [3.63, 3.8) is 0 Å². The molecule has 0 atom stereocenters. The van der Waals surface area contributed by atoms with Gasteiger partial charge in [0.1, 0.15) is 0 Å². The smallest absolute Gasteiger partial charge is 0.153 e. The molecule has 2 aliphatic rings. The van der Waals surface area contributed by atoms with Crippen LogP contribution in [0.2, 0.25) is 0 Å². The van der Waals surface area contributed by atoms with E-state index in [0.29, 0.717) is 16.9 Å². The molecule has 1 saturated carbocycles. The van der Waals surface area contributed by atoms with E-state index in [1.54, 1.807) is 0 Å². The summed E-state index contributed by atoms with van der Waals surface area (Å²) in [7, 11) is -2.66. The minimum absolute atomic E-state index is 0.234. The molecule has 0 amide bonds. The van der Waals surface area contributed by atoms with Gasteiger partial charge in [-0.3, -0.25) is 0 Å². The van der Waals surface area contributed by atoms with E-state index in [-0.39, 0.29) is 6.04 Å². The standard InChI is InChI=1S/C10H19NO2S/c1-10(4-2-3-5-10)8-11-9-6-14(12,13)7-9/h9,11H,2-8H2,1H3. The van der Waals surface area contributed by atoms with Crippen molar-refractivity contribution in [2.45, 2.75) is 38.6 Å². The molecule has 2 fully saturated rings. The van der Waals surface area contributed by atoms with E-state index in [1.165, 1.54) is 25.7 Å². The van der Waals surface area contributed by atoms with Gasteiger partial charge >= 0.3 is 0 Å². The maximum Gasteiger partial charge on any atom is 0.153 e. The first kappa shape index (κ1) is 10.4. The van der Waals surface area contributed by atoms with E-state index in [4.69, 9.17) is 0 Å². The lowest BCUT2D eigenvalue weighted by Crippen LogP contribution is -2.53. The fourth-order valence-electron chi connectivity index (χ4n) is 2.48. The van der Waals surface area contributed by atoms with Crippen molar-refractivity contribution in [2.24, 2.45) is 5.41 Å². The molecule has 0 aromatic rings. The highest BCUT2D eigenvalue weighted by molar-refractivity contribution is 7.92. The van der Waals surface area contributed by atoms with Crippen LogP contribution in [-0.4, -0.2) is 32.5 Å². The van der Waals surface area contributed by atoms with Crippen LogP contribution >= 0.6 is 0 Å². The number of hydrogen-bond donors (Lipinski definition) is 1. The Balaban J connectivity index is 1.73. The quantitative estimate of drug-likeness (QED) is 0.765. The van der Waals surface area contributed by atoms with Gasteiger partial charge in [0.05, 0.1) is 11.5 Å². The third kappa shape index (κ3) is 2.28. The number of nitrogens with one attached hydrogen (secondary N) is 1. The average molecular weight is 217 g/mol. The van der Waals surface area contributed by atoms with Crippen LogP contribution in [0.15, 0.2) is 0 Å². The molecule has 82 valence electrons. The van der Waals surface area contributed by atoms with E-state index in [0.717, 1.165) is 6.54 Å². The highest BCUT2D eigenvalue weighted by atomic mass is 32.2. The maximum absolute atomic E-state index is 10.9. The summed E-state index contributed by atoms with van der Waals surface area (Å²) in [6.07, 6.45) is 5.25. The molecule has 1 aliphatic carbocycles. The van der Waals surface area contributed by atoms with E-state index in [2.05, 4.69) is 12.2 Å². The van der Waals surface area contributed by atoms with Crippen LogP contribution in [0.3, 0.4) is 0 Å². The van der Waals surface area contributed by atoms with Crippen molar-refractivity contribution in [3.05, 3.63) is 0 Å². The Labute approximate surface area is 86.2 Å². The molecule has 1 heterocycles. The normalized spacial score (nSPS) is 30.1. The van der Waals surface area contributed by atoms with E-state index in [9.17, 15) is 8.42 Å². The predicted molar refractivity (Wildman–Crippen MR) is 57.0 cm³/mol. The molecule has 0 bridgehead atoms. The van der Waals surface area contributed by atoms with Gasteiger partial charge in [-0.25, -0.2) is 8.42 Å². The zero-order chi connectivity index (χ0) is 10.2. The molecule has 0 unspecified atom stereocenters. The number of hydrogen-bond acceptors (Lipinski definition) is 3. The molecule has 0 radical (unpaired) electrons. The van der Waals surface area contributed by atoms with Crippen LogP contribution < -0.4 is 5.32 Å². The largest absolute Gasteiger partial charge is 0.311 e. The molecule has 2 rings (SSSR count). The van der Waals surface area contributed by atoms with Gasteiger partial charge in [-0.05, 0) is 18.3 Å². The monoisotopic (exact) mass is 217 g/mol. The Bertz CT molecular complexity index is 292. The van der Waals surface area contributed by atoms with Crippen LogP contribution in [0.1, 0.15) is 32.6 Å². The Hall–Kier alpha value is -0.0900. The molecule has 14 heavy (non-hydrogen) atoms. The van der Waals surface area contributed by atoms with Crippen LogP contribution in [0.4, 0.5) is 0 Å². The SMILES string of the molecule is CC1(CNC2CS(=O)(=O)C2)CCCC1. The second-order valence-electron chi connectivity index (χ2n) is 5.17. The minimum Gasteiger partial charge on any atom is -0.311 e. The van der Waals surface area contributed by atoms with Gasteiger partial charge in [-0.1, -0.05) is 19.8 Å². The summed E-state index contributed by atoms with van der Waals surface area (Å²) in [4.78, 5) is 0. The summed E-state index contributed by atoms with van der Waals surface area (Å²) >= 11 is 0. The Kier molecular flexibility index (Phi) is 2.60. The lowest BCUT2D eigenvalue weighted by atomic mass is 9.89. The molecule has 1 aliphatic heterocycles. The molecule has 3 nitrogen and oxygen atoms in total. The van der Waals surface area contributed by atoms with Crippen LogP contribution in [-0.2, 0) is 9.84 Å². The highest BCUT2D eigenvalue weighted by Crippen LogP contribution is 2.36. The van der Waals surface area contributed by atoms with Gasteiger partial charge in [0.2, 0.25) is 0 Å². The summed E-state index contributed by atoms with van der Waals surface area (Å²) in [5.74, 6) is 0.701. The third-order valence-electron chi connectivity index (χ3n) is 3.54. The van der Waals surface area contributed by atoms with Crippen LogP contribution in [0, 0.1) is 5.41 Å². The third-order valence-corrected chi connectivity index (χ3v) is 5.36. The molecule has 1 N–H and O–H groups in total. The maximum atomic E-state index is 10.9. The van der Waals surface area contributed by atoms with Crippen LogP contribution in [0.25, 0.3) is 0 Å². The van der Waals surface area contributed by atoms with Gasteiger partial charge in [0.15, 0.2) is 9.84 Å². The molecular weight excluding hydrogens is 198 g/mol. The van der Waals surface area contributed by atoms with E-state index >= 15 is 0 Å². The van der Waals surface area contributed by atoms with Crippen molar-refractivity contribution in [3.8, 4) is 0 Å².